The van der Waals surface area contributed by atoms with Gasteiger partial charge in [-0.3, -0.25) is 14.9 Å². The monoisotopic (exact) mass is 432 g/mol. The molecular weight excluding hydrogens is 417 g/mol. The summed E-state index contributed by atoms with van der Waals surface area (Å²) in [6, 6.07) is 7.47. The van der Waals surface area contributed by atoms with E-state index in [9.17, 15) is 36.5 Å². The number of halogens is 3. The standard InChI is InChI=1S/C10H9F3N2O4.C7H6O2S/c1-5(16)9(17)14-6-2-3-8(15(18)19)7(4-6)10(11,12)13;1-10(8,9)7-4-5-2-3-6(5)7/h2-5,16H,1H3,(H,14,17);2-4H,1H3. The van der Waals surface area contributed by atoms with Gasteiger partial charge in [0.2, 0.25) is 0 Å². The van der Waals surface area contributed by atoms with Crippen molar-refractivity contribution in [1.29, 1.82) is 0 Å². The van der Waals surface area contributed by atoms with E-state index in [1.54, 1.807) is 6.07 Å². The van der Waals surface area contributed by atoms with Crippen molar-refractivity contribution in [3.8, 4) is 11.1 Å². The molecule has 1 amide bonds. The molecule has 0 saturated heterocycles. The highest BCUT2D eigenvalue weighted by atomic mass is 32.2. The molecule has 2 aliphatic carbocycles. The molecular formula is C17H15F3N2O6S. The van der Waals surface area contributed by atoms with Crippen LogP contribution in [0.5, 0.6) is 0 Å². The molecule has 0 aromatic heterocycles. The van der Waals surface area contributed by atoms with Crippen LogP contribution in [0.25, 0.3) is 11.1 Å². The zero-order valence-electron chi connectivity index (χ0n) is 15.0. The fraction of sp³-hybridized carbons (Fsp3) is 0.235. The topological polar surface area (TPSA) is 127 Å². The lowest BCUT2D eigenvalue weighted by Crippen LogP contribution is -2.24. The third-order valence-electron chi connectivity index (χ3n) is 3.84. The third kappa shape index (κ3) is 5.09. The second kappa shape index (κ2) is 7.79. The second-order valence-corrected chi connectivity index (χ2v) is 8.12. The highest BCUT2D eigenvalue weighted by molar-refractivity contribution is 7.91. The van der Waals surface area contributed by atoms with Gasteiger partial charge in [-0.15, -0.1) is 0 Å². The Morgan fingerprint density at radius 2 is 1.83 bits per heavy atom. The Morgan fingerprint density at radius 1 is 1.21 bits per heavy atom. The first-order valence-corrected chi connectivity index (χ1v) is 9.80. The molecule has 156 valence electrons. The zero-order chi connectivity index (χ0) is 22.1. The minimum absolute atomic E-state index is 0.288. The number of nitro benzene ring substituents is 1. The molecule has 1 aromatic rings. The van der Waals surface area contributed by atoms with Crippen molar-refractivity contribution >= 4 is 27.1 Å². The molecule has 1 atom stereocenters. The molecule has 0 heterocycles. The van der Waals surface area contributed by atoms with Crippen molar-refractivity contribution in [3.63, 3.8) is 0 Å². The van der Waals surface area contributed by atoms with Crippen LogP contribution in [0.2, 0.25) is 0 Å². The number of amides is 1. The molecule has 2 aliphatic rings. The van der Waals surface area contributed by atoms with Crippen LogP contribution in [0.4, 0.5) is 24.5 Å². The number of aliphatic hydroxyl groups is 1. The quantitative estimate of drug-likeness (QED) is 0.482. The molecule has 0 radical (unpaired) electrons. The number of hydrogen-bond donors (Lipinski definition) is 2. The summed E-state index contributed by atoms with van der Waals surface area (Å²) in [6.07, 6.45) is -5.10. The first-order valence-electron chi connectivity index (χ1n) is 7.91. The number of fused-ring (bicyclic) bond motifs is 1. The number of anilines is 1. The number of nitrogens with one attached hydrogen (secondary N) is 1. The van der Waals surface area contributed by atoms with Gasteiger partial charge in [0.1, 0.15) is 11.7 Å². The summed E-state index contributed by atoms with van der Waals surface area (Å²) < 4.78 is 59.6. The Balaban J connectivity index is 0.000000248. The highest BCUT2D eigenvalue weighted by Crippen LogP contribution is 2.39. The van der Waals surface area contributed by atoms with Gasteiger partial charge in [-0.2, -0.15) is 13.2 Å². The fourth-order valence-corrected chi connectivity index (χ4v) is 3.23. The predicted molar refractivity (Wildman–Crippen MR) is 97.0 cm³/mol. The number of rotatable bonds is 4. The van der Waals surface area contributed by atoms with E-state index in [1.807, 2.05) is 17.4 Å². The molecule has 0 bridgehead atoms. The minimum atomic E-state index is -4.92. The van der Waals surface area contributed by atoms with Crippen LogP contribution in [-0.2, 0) is 20.8 Å². The fourth-order valence-electron chi connectivity index (χ4n) is 2.31. The van der Waals surface area contributed by atoms with Gasteiger partial charge in [0.05, 0.1) is 9.82 Å². The summed E-state index contributed by atoms with van der Waals surface area (Å²) in [5.74, 6) is -0.915. The van der Waals surface area contributed by atoms with Gasteiger partial charge < -0.3 is 10.4 Å². The lowest BCUT2D eigenvalue weighted by Gasteiger charge is -2.18. The molecule has 2 N–H and O–H groups in total. The molecule has 12 heteroatoms. The van der Waals surface area contributed by atoms with Crippen molar-refractivity contribution < 1.29 is 36.4 Å². The van der Waals surface area contributed by atoms with Crippen molar-refractivity contribution in [2.24, 2.45) is 0 Å². The van der Waals surface area contributed by atoms with E-state index in [0.717, 1.165) is 24.1 Å². The Bertz CT molecular complexity index is 1080. The molecule has 0 spiro atoms. The molecule has 0 saturated carbocycles. The number of nitrogens with zero attached hydrogens (tertiary/aromatic N) is 1. The first-order chi connectivity index (χ1) is 13.2. The maximum absolute atomic E-state index is 12.6. The summed E-state index contributed by atoms with van der Waals surface area (Å²) in [4.78, 5) is 20.9. The van der Waals surface area contributed by atoms with Crippen LogP contribution in [0.1, 0.15) is 12.5 Å². The largest absolute Gasteiger partial charge is 0.423 e. The van der Waals surface area contributed by atoms with Crippen molar-refractivity contribution in [1.82, 2.24) is 0 Å². The van der Waals surface area contributed by atoms with Gasteiger partial charge in [-0.1, -0.05) is 12.1 Å². The lowest BCUT2D eigenvalue weighted by molar-refractivity contribution is -0.388. The van der Waals surface area contributed by atoms with E-state index in [0.29, 0.717) is 17.0 Å². The Morgan fingerprint density at radius 3 is 2.14 bits per heavy atom. The maximum atomic E-state index is 12.6. The van der Waals surface area contributed by atoms with Gasteiger partial charge in [0.15, 0.2) is 9.84 Å². The van der Waals surface area contributed by atoms with Crippen molar-refractivity contribution in [2.75, 3.05) is 11.6 Å². The number of aliphatic hydroxyl groups excluding tert-OH is 1. The van der Waals surface area contributed by atoms with E-state index in [4.69, 9.17) is 5.11 Å². The predicted octanol–water partition coefficient (Wildman–Crippen LogP) is 3.00. The highest BCUT2D eigenvalue weighted by Gasteiger charge is 2.38. The van der Waals surface area contributed by atoms with Gasteiger partial charge >= 0.3 is 6.18 Å². The van der Waals surface area contributed by atoms with E-state index in [1.165, 1.54) is 6.26 Å². The smallest absolute Gasteiger partial charge is 0.384 e. The van der Waals surface area contributed by atoms with Crippen molar-refractivity contribution in [2.45, 2.75) is 24.1 Å². The number of alkyl halides is 3. The average molecular weight is 432 g/mol. The van der Waals surface area contributed by atoms with Crippen LogP contribution in [-0.4, -0.2) is 36.7 Å². The normalized spacial score (nSPS) is 13.0. The first kappa shape index (κ1) is 22.3. The van der Waals surface area contributed by atoms with E-state index in [2.05, 4.69) is 0 Å². The van der Waals surface area contributed by atoms with Gasteiger partial charge in [-0.25, -0.2) is 8.42 Å². The summed E-state index contributed by atoms with van der Waals surface area (Å²) in [6.45, 7) is 1.13. The van der Waals surface area contributed by atoms with Crippen LogP contribution in [0.3, 0.4) is 0 Å². The molecule has 3 rings (SSSR count). The minimum Gasteiger partial charge on any atom is -0.384 e. The second-order valence-electron chi connectivity index (χ2n) is 6.14. The molecule has 1 unspecified atom stereocenters. The maximum Gasteiger partial charge on any atom is 0.423 e. The Kier molecular flexibility index (Phi) is 5.99. The summed E-state index contributed by atoms with van der Waals surface area (Å²) in [7, 11) is -2.94. The number of benzene rings is 2. The lowest BCUT2D eigenvalue weighted by atomic mass is 9.94. The van der Waals surface area contributed by atoms with Crippen LogP contribution in [0, 0.1) is 10.1 Å². The van der Waals surface area contributed by atoms with Crippen LogP contribution >= 0.6 is 0 Å². The average Bonchev–Trinajstić information content (AvgIpc) is 2.55. The summed E-state index contributed by atoms with van der Waals surface area (Å²) in [5, 5.41) is 21.4. The van der Waals surface area contributed by atoms with E-state index in [-0.39, 0.29) is 5.69 Å². The zero-order valence-corrected chi connectivity index (χ0v) is 15.8. The molecule has 1 aromatic carbocycles. The van der Waals surface area contributed by atoms with Crippen molar-refractivity contribution in [3.05, 3.63) is 52.1 Å². The van der Waals surface area contributed by atoms with E-state index >= 15 is 0 Å². The molecule has 0 fully saturated rings. The Labute approximate surface area is 163 Å². The number of carbonyl (C=O) groups excluding carboxylic acids is 1. The Hall–Kier alpha value is -2.99. The number of hydrogen-bond acceptors (Lipinski definition) is 6. The van der Waals surface area contributed by atoms with Gasteiger partial charge in [0.25, 0.3) is 11.6 Å². The number of nitro groups is 1. The number of carbonyl (C=O) groups is 1. The molecule has 8 nitrogen and oxygen atoms in total. The SMILES string of the molecule is CC(O)C(=O)Nc1ccc([N+](=O)[O-])c(C(F)(F)F)c1.CS(=O)(=O)c1cc2ccc1-2. The number of sulfone groups is 1. The van der Waals surface area contributed by atoms with E-state index < -0.39 is 44.2 Å². The molecule has 0 aliphatic heterocycles. The van der Waals surface area contributed by atoms with Crippen LogP contribution in [0.15, 0.2) is 41.3 Å². The van der Waals surface area contributed by atoms with Gasteiger partial charge in [0, 0.05) is 23.6 Å². The summed E-state index contributed by atoms with van der Waals surface area (Å²) >= 11 is 0. The molecule has 29 heavy (non-hydrogen) atoms. The third-order valence-corrected chi connectivity index (χ3v) is 4.97. The van der Waals surface area contributed by atoms with Gasteiger partial charge in [-0.05, 0) is 30.7 Å². The summed E-state index contributed by atoms with van der Waals surface area (Å²) in [5.41, 5.74) is -0.893. The van der Waals surface area contributed by atoms with Crippen LogP contribution < -0.4 is 5.32 Å².